The van der Waals surface area contributed by atoms with Crippen molar-refractivity contribution in [1.82, 2.24) is 9.78 Å². The number of ether oxygens (including phenoxy) is 1. The highest BCUT2D eigenvalue weighted by atomic mass is 32.1. The van der Waals surface area contributed by atoms with Crippen molar-refractivity contribution < 1.29 is 9.53 Å². The van der Waals surface area contributed by atoms with Gasteiger partial charge < -0.3 is 10.1 Å². The molecule has 0 spiro atoms. The number of aromatic nitrogens is 2. The van der Waals surface area contributed by atoms with Crippen molar-refractivity contribution in [3.8, 4) is 0 Å². The Balaban J connectivity index is 1.88. The van der Waals surface area contributed by atoms with Gasteiger partial charge in [0.2, 0.25) is 0 Å². The van der Waals surface area contributed by atoms with Gasteiger partial charge in [0.05, 0.1) is 25.4 Å². The third-order valence-electron chi connectivity index (χ3n) is 2.86. The molecule has 0 aliphatic carbocycles. The van der Waals surface area contributed by atoms with Gasteiger partial charge in [0.15, 0.2) is 0 Å². The van der Waals surface area contributed by atoms with Gasteiger partial charge in [0, 0.05) is 28.5 Å². The molecule has 1 N–H and O–H groups in total. The molecule has 2 aromatic heterocycles. The fraction of sp³-hybridized carbons (Fsp3) is 0.429. The Morgan fingerprint density at radius 1 is 1.45 bits per heavy atom. The predicted octanol–water partition coefficient (Wildman–Crippen LogP) is 2.85. The lowest BCUT2D eigenvalue weighted by Crippen LogP contribution is -2.02. The molecular weight excluding hydrogens is 274 g/mol. The third kappa shape index (κ3) is 3.84. The second-order valence-corrected chi connectivity index (χ2v) is 6.03. The summed E-state index contributed by atoms with van der Waals surface area (Å²) in [6.45, 7) is 4.92. The van der Waals surface area contributed by atoms with Gasteiger partial charge in [0.25, 0.3) is 0 Å². The average Bonchev–Trinajstić information content (AvgIpc) is 3.05. The van der Waals surface area contributed by atoms with Crippen molar-refractivity contribution in [2.24, 2.45) is 0 Å². The molecule has 6 heteroatoms. The number of esters is 1. The fourth-order valence-electron chi connectivity index (χ4n) is 1.73. The van der Waals surface area contributed by atoms with Gasteiger partial charge in [-0.3, -0.25) is 9.48 Å². The lowest BCUT2D eigenvalue weighted by Gasteiger charge is -2.03. The van der Waals surface area contributed by atoms with Crippen LogP contribution in [0, 0.1) is 0 Å². The number of carbonyl (C=O) groups excluding carboxylic acids is 1. The Morgan fingerprint density at radius 3 is 2.85 bits per heavy atom. The van der Waals surface area contributed by atoms with Gasteiger partial charge in [-0.2, -0.15) is 5.10 Å². The number of thiophene rings is 1. The fourth-order valence-corrected chi connectivity index (χ4v) is 2.67. The molecule has 0 saturated heterocycles. The summed E-state index contributed by atoms with van der Waals surface area (Å²) >= 11 is 1.62. The van der Waals surface area contributed by atoms with E-state index in [0.29, 0.717) is 12.5 Å². The van der Waals surface area contributed by atoms with Crippen LogP contribution in [0.3, 0.4) is 0 Å². The SMILES string of the molecule is COC(=O)Cc1ccc(CNc2cnn(C(C)C)c2)s1. The van der Waals surface area contributed by atoms with Crippen molar-refractivity contribution in [3.63, 3.8) is 0 Å². The Hall–Kier alpha value is -1.82. The van der Waals surface area contributed by atoms with Crippen LogP contribution in [-0.2, 0) is 22.5 Å². The maximum Gasteiger partial charge on any atom is 0.310 e. The molecule has 2 rings (SSSR count). The second kappa shape index (κ2) is 6.56. The Kier molecular flexibility index (Phi) is 4.79. The van der Waals surface area contributed by atoms with Crippen molar-refractivity contribution in [3.05, 3.63) is 34.3 Å². The highest BCUT2D eigenvalue weighted by Crippen LogP contribution is 2.19. The second-order valence-electron chi connectivity index (χ2n) is 4.78. The van der Waals surface area contributed by atoms with E-state index >= 15 is 0 Å². The molecule has 0 unspecified atom stereocenters. The number of carbonyl (C=O) groups is 1. The molecule has 0 aliphatic heterocycles. The van der Waals surface area contributed by atoms with Crippen LogP contribution < -0.4 is 5.32 Å². The summed E-state index contributed by atoms with van der Waals surface area (Å²) in [7, 11) is 1.41. The zero-order chi connectivity index (χ0) is 14.5. The Bertz CT molecular complexity index is 574. The van der Waals surface area contributed by atoms with Gasteiger partial charge in [-0.05, 0) is 26.0 Å². The smallest absolute Gasteiger partial charge is 0.310 e. The minimum Gasteiger partial charge on any atom is -0.469 e. The van der Waals surface area contributed by atoms with Gasteiger partial charge >= 0.3 is 5.97 Å². The molecule has 0 aromatic carbocycles. The number of nitrogens with zero attached hydrogens (tertiary/aromatic N) is 2. The molecule has 0 amide bonds. The summed E-state index contributed by atoms with van der Waals surface area (Å²) in [6.07, 6.45) is 4.16. The van der Waals surface area contributed by atoms with Crippen LogP contribution in [0.2, 0.25) is 0 Å². The molecule has 0 fully saturated rings. The van der Waals surface area contributed by atoms with Crippen molar-refractivity contribution in [2.45, 2.75) is 32.9 Å². The molecule has 0 aliphatic rings. The standard InChI is InChI=1S/C14H19N3O2S/c1-10(2)17-9-11(7-16-17)15-8-13-5-4-12(20-13)6-14(18)19-3/h4-5,7,9-10,15H,6,8H2,1-3H3. The van der Waals surface area contributed by atoms with Crippen LogP contribution >= 0.6 is 11.3 Å². The van der Waals surface area contributed by atoms with E-state index in [1.165, 1.54) is 12.0 Å². The quantitative estimate of drug-likeness (QED) is 0.832. The highest BCUT2D eigenvalue weighted by molar-refractivity contribution is 7.12. The largest absolute Gasteiger partial charge is 0.469 e. The predicted molar refractivity (Wildman–Crippen MR) is 80.0 cm³/mol. The first-order valence-electron chi connectivity index (χ1n) is 6.51. The van der Waals surface area contributed by atoms with Gasteiger partial charge in [0.1, 0.15) is 0 Å². The molecule has 2 heterocycles. The minimum absolute atomic E-state index is 0.204. The monoisotopic (exact) mass is 293 g/mol. The third-order valence-corrected chi connectivity index (χ3v) is 3.95. The molecule has 108 valence electrons. The van der Waals surface area contributed by atoms with E-state index in [0.717, 1.165) is 17.1 Å². The topological polar surface area (TPSA) is 56.1 Å². The van der Waals surface area contributed by atoms with E-state index in [2.05, 4.69) is 29.0 Å². The summed E-state index contributed by atoms with van der Waals surface area (Å²) in [4.78, 5) is 13.4. The van der Waals surface area contributed by atoms with Crippen LogP contribution in [0.25, 0.3) is 0 Å². The van der Waals surface area contributed by atoms with Crippen LogP contribution in [0.4, 0.5) is 5.69 Å². The molecule has 2 aromatic rings. The summed E-state index contributed by atoms with van der Waals surface area (Å²) in [6, 6.07) is 4.36. The highest BCUT2D eigenvalue weighted by Gasteiger charge is 2.07. The molecular formula is C14H19N3O2S. The molecule has 0 bridgehead atoms. The lowest BCUT2D eigenvalue weighted by atomic mass is 10.3. The number of anilines is 1. The maximum absolute atomic E-state index is 11.2. The Labute approximate surface area is 122 Å². The first kappa shape index (κ1) is 14.6. The minimum atomic E-state index is -0.204. The Morgan fingerprint density at radius 2 is 2.20 bits per heavy atom. The van der Waals surface area contributed by atoms with Gasteiger partial charge in [-0.15, -0.1) is 11.3 Å². The average molecular weight is 293 g/mol. The molecule has 0 atom stereocenters. The van der Waals surface area contributed by atoms with Crippen LogP contribution in [0.1, 0.15) is 29.6 Å². The number of hydrogen-bond donors (Lipinski definition) is 1. The number of rotatable bonds is 6. The van der Waals surface area contributed by atoms with Gasteiger partial charge in [-0.25, -0.2) is 0 Å². The normalized spacial score (nSPS) is 10.8. The van der Waals surface area contributed by atoms with Gasteiger partial charge in [-0.1, -0.05) is 0 Å². The first-order valence-corrected chi connectivity index (χ1v) is 7.32. The van der Waals surface area contributed by atoms with E-state index in [1.807, 2.05) is 29.2 Å². The zero-order valence-corrected chi connectivity index (χ0v) is 12.7. The van der Waals surface area contributed by atoms with E-state index in [4.69, 9.17) is 0 Å². The molecule has 5 nitrogen and oxygen atoms in total. The number of hydrogen-bond acceptors (Lipinski definition) is 5. The van der Waals surface area contributed by atoms with E-state index in [1.54, 1.807) is 11.3 Å². The van der Waals surface area contributed by atoms with Crippen LogP contribution in [-0.4, -0.2) is 22.9 Å². The van der Waals surface area contributed by atoms with E-state index < -0.39 is 0 Å². The summed E-state index contributed by atoms with van der Waals surface area (Å²) in [5.41, 5.74) is 1.00. The summed E-state index contributed by atoms with van der Waals surface area (Å²) in [5, 5.41) is 7.61. The summed E-state index contributed by atoms with van der Waals surface area (Å²) in [5.74, 6) is -0.204. The molecule has 0 radical (unpaired) electrons. The van der Waals surface area contributed by atoms with E-state index in [-0.39, 0.29) is 5.97 Å². The first-order chi connectivity index (χ1) is 9.58. The summed E-state index contributed by atoms with van der Waals surface area (Å²) < 4.78 is 6.58. The van der Waals surface area contributed by atoms with Crippen molar-refractivity contribution in [2.75, 3.05) is 12.4 Å². The number of methoxy groups -OCH3 is 1. The maximum atomic E-state index is 11.2. The number of nitrogens with one attached hydrogen (secondary N) is 1. The van der Waals surface area contributed by atoms with E-state index in [9.17, 15) is 4.79 Å². The van der Waals surface area contributed by atoms with Crippen molar-refractivity contribution >= 4 is 23.0 Å². The van der Waals surface area contributed by atoms with Crippen molar-refractivity contribution in [1.29, 1.82) is 0 Å². The molecule has 0 saturated carbocycles. The molecule has 20 heavy (non-hydrogen) atoms. The van der Waals surface area contributed by atoms with Crippen LogP contribution in [0.5, 0.6) is 0 Å². The lowest BCUT2D eigenvalue weighted by molar-refractivity contribution is -0.139. The zero-order valence-electron chi connectivity index (χ0n) is 11.9. The van der Waals surface area contributed by atoms with Crippen LogP contribution in [0.15, 0.2) is 24.5 Å².